The average Bonchev–Trinajstić information content (AvgIpc) is 3.45. The summed E-state index contributed by atoms with van der Waals surface area (Å²) in [5, 5.41) is 11.9. The van der Waals surface area contributed by atoms with Crippen LogP contribution in [0.1, 0.15) is 33.5 Å². The summed E-state index contributed by atoms with van der Waals surface area (Å²) in [5.74, 6) is -2.41. The SMILES string of the molecule is CN(C)C(=O)C=Cc1ccc(C(=O)O[C@@H]2CC(C(=O)NCCO)=C[C@H]3OC(c4ccccc4)(c4ccccc4)O[C@H]32)cc1. The van der Waals surface area contributed by atoms with Crippen molar-refractivity contribution in [1.29, 1.82) is 0 Å². The van der Waals surface area contributed by atoms with E-state index in [1.807, 2.05) is 60.7 Å². The predicted molar refractivity (Wildman–Crippen MR) is 160 cm³/mol. The van der Waals surface area contributed by atoms with Crippen molar-refractivity contribution in [2.45, 2.75) is 30.5 Å². The van der Waals surface area contributed by atoms with Gasteiger partial charge in [-0.1, -0.05) is 72.8 Å². The standard InChI is InChI=1S/C34H34N2O7/c1-36(2)30(38)18-15-23-13-16-24(17-14-23)33(40)41-28-21-25(32(39)35-19-20-37)22-29-31(28)43-34(42-29,26-9-5-3-6-10-26)27-11-7-4-8-12-27/h3-18,22,28-29,31,37H,19-21H2,1-2H3,(H,35,39)/t28-,29-,31+/m1/s1. The average molecular weight is 583 g/mol. The first-order chi connectivity index (χ1) is 20.8. The van der Waals surface area contributed by atoms with E-state index in [0.29, 0.717) is 11.1 Å². The van der Waals surface area contributed by atoms with Crippen molar-refractivity contribution < 1.29 is 33.7 Å². The molecule has 1 fully saturated rings. The van der Waals surface area contributed by atoms with Crippen LogP contribution in [0.3, 0.4) is 0 Å². The van der Waals surface area contributed by atoms with Gasteiger partial charge in [0.05, 0.1) is 12.2 Å². The number of aliphatic hydroxyl groups is 1. The molecule has 1 aliphatic heterocycles. The number of likely N-dealkylation sites (N-methyl/N-ethyl adjacent to an activating group) is 1. The second-order valence-corrected chi connectivity index (χ2v) is 10.5. The summed E-state index contributed by atoms with van der Waals surface area (Å²) in [6.45, 7) is -0.117. The molecule has 0 aromatic heterocycles. The van der Waals surface area contributed by atoms with Crippen LogP contribution in [0.25, 0.3) is 6.08 Å². The van der Waals surface area contributed by atoms with Gasteiger partial charge in [-0.3, -0.25) is 9.59 Å². The number of amides is 2. The molecule has 222 valence electrons. The number of nitrogens with zero attached hydrogens (tertiary/aromatic N) is 1. The molecule has 3 aromatic rings. The van der Waals surface area contributed by atoms with Crippen LogP contribution >= 0.6 is 0 Å². The van der Waals surface area contributed by atoms with Crippen molar-refractivity contribution in [1.82, 2.24) is 10.2 Å². The van der Waals surface area contributed by atoms with Gasteiger partial charge in [-0.25, -0.2) is 4.79 Å². The van der Waals surface area contributed by atoms with Crippen LogP contribution in [0.2, 0.25) is 0 Å². The highest BCUT2D eigenvalue weighted by molar-refractivity contribution is 5.94. The van der Waals surface area contributed by atoms with E-state index in [1.165, 1.54) is 11.0 Å². The summed E-state index contributed by atoms with van der Waals surface area (Å²) in [7, 11) is 3.34. The van der Waals surface area contributed by atoms with E-state index < -0.39 is 30.1 Å². The van der Waals surface area contributed by atoms with E-state index in [4.69, 9.17) is 14.2 Å². The number of aliphatic hydroxyl groups excluding tert-OH is 1. The fourth-order valence-corrected chi connectivity index (χ4v) is 5.13. The third-order valence-corrected chi connectivity index (χ3v) is 7.34. The molecule has 0 saturated carbocycles. The Hall–Kier alpha value is -4.57. The number of hydrogen-bond acceptors (Lipinski definition) is 7. The van der Waals surface area contributed by atoms with Crippen molar-refractivity contribution in [3.63, 3.8) is 0 Å². The van der Waals surface area contributed by atoms with Crippen LogP contribution in [0.5, 0.6) is 0 Å². The van der Waals surface area contributed by atoms with Crippen LogP contribution in [0.4, 0.5) is 0 Å². The fourth-order valence-electron chi connectivity index (χ4n) is 5.13. The Morgan fingerprint density at radius 2 is 1.58 bits per heavy atom. The third kappa shape index (κ3) is 6.59. The molecule has 9 heteroatoms. The highest BCUT2D eigenvalue weighted by Gasteiger charge is 2.54. The Labute approximate surface area is 250 Å². The van der Waals surface area contributed by atoms with Crippen molar-refractivity contribution in [2.24, 2.45) is 0 Å². The molecule has 0 radical (unpaired) electrons. The maximum Gasteiger partial charge on any atom is 0.338 e. The molecule has 3 aromatic carbocycles. The summed E-state index contributed by atoms with van der Waals surface area (Å²) in [5.41, 5.74) is 2.95. The number of nitrogens with one attached hydrogen (secondary N) is 1. The quantitative estimate of drug-likeness (QED) is 0.294. The third-order valence-electron chi connectivity index (χ3n) is 7.34. The largest absolute Gasteiger partial charge is 0.456 e. The molecular formula is C34H34N2O7. The van der Waals surface area contributed by atoms with Gasteiger partial charge < -0.3 is 29.5 Å². The highest BCUT2D eigenvalue weighted by Crippen LogP contribution is 2.47. The van der Waals surface area contributed by atoms with Crippen molar-refractivity contribution in [3.05, 3.63) is 125 Å². The van der Waals surface area contributed by atoms with Gasteiger partial charge in [0, 0.05) is 49.8 Å². The number of rotatable bonds is 9. The predicted octanol–water partition coefficient (Wildman–Crippen LogP) is 3.44. The number of ether oxygens (including phenoxy) is 3. The summed E-state index contributed by atoms with van der Waals surface area (Å²) in [6, 6.07) is 25.7. The monoisotopic (exact) mass is 582 g/mol. The first-order valence-electron chi connectivity index (χ1n) is 14.1. The minimum atomic E-state index is -1.30. The van der Waals surface area contributed by atoms with Gasteiger partial charge in [-0.05, 0) is 29.8 Å². The lowest BCUT2D eigenvalue weighted by atomic mass is 9.91. The lowest BCUT2D eigenvalue weighted by molar-refractivity contribution is -0.157. The Morgan fingerprint density at radius 3 is 2.16 bits per heavy atom. The van der Waals surface area contributed by atoms with Gasteiger partial charge in [0.25, 0.3) is 0 Å². The number of benzene rings is 3. The first-order valence-corrected chi connectivity index (χ1v) is 14.1. The Bertz CT molecular complexity index is 1460. The smallest absolute Gasteiger partial charge is 0.338 e. The summed E-state index contributed by atoms with van der Waals surface area (Å²) >= 11 is 0. The van der Waals surface area contributed by atoms with Gasteiger partial charge in [0.2, 0.25) is 17.6 Å². The summed E-state index contributed by atoms with van der Waals surface area (Å²) in [4.78, 5) is 39.7. The van der Waals surface area contributed by atoms with Gasteiger partial charge in [0.1, 0.15) is 18.3 Å². The molecule has 9 nitrogen and oxygen atoms in total. The van der Waals surface area contributed by atoms with Gasteiger partial charge in [-0.15, -0.1) is 0 Å². The zero-order valence-electron chi connectivity index (χ0n) is 24.0. The van der Waals surface area contributed by atoms with Crippen LogP contribution in [-0.2, 0) is 29.6 Å². The zero-order chi connectivity index (χ0) is 30.4. The normalized spacial score (nSPS) is 20.6. The van der Waals surface area contributed by atoms with Crippen molar-refractivity contribution in [2.75, 3.05) is 27.2 Å². The molecule has 2 aliphatic rings. The molecule has 1 aliphatic carbocycles. The van der Waals surface area contributed by atoms with Crippen molar-refractivity contribution >= 4 is 23.9 Å². The van der Waals surface area contributed by atoms with Gasteiger partial charge in [0.15, 0.2) is 0 Å². The van der Waals surface area contributed by atoms with Gasteiger partial charge in [-0.2, -0.15) is 0 Å². The van der Waals surface area contributed by atoms with Crippen LogP contribution in [-0.4, -0.2) is 73.3 Å². The summed E-state index contributed by atoms with van der Waals surface area (Å²) in [6.07, 6.45) is 2.67. The molecule has 1 heterocycles. The zero-order valence-corrected chi connectivity index (χ0v) is 24.0. The molecule has 0 unspecified atom stereocenters. The second kappa shape index (κ2) is 13.2. The van der Waals surface area contributed by atoms with E-state index in [-0.39, 0.29) is 31.4 Å². The van der Waals surface area contributed by atoms with Crippen LogP contribution < -0.4 is 5.32 Å². The van der Waals surface area contributed by atoms with E-state index in [0.717, 1.165) is 16.7 Å². The maximum absolute atomic E-state index is 13.4. The van der Waals surface area contributed by atoms with E-state index in [1.54, 1.807) is 50.5 Å². The Kier molecular flexibility index (Phi) is 9.16. The topological polar surface area (TPSA) is 114 Å². The van der Waals surface area contributed by atoms with Crippen LogP contribution in [0.15, 0.2) is 103 Å². The fraction of sp³-hybridized carbons (Fsp3) is 0.265. The lowest BCUT2D eigenvalue weighted by Crippen LogP contribution is -2.43. The second-order valence-electron chi connectivity index (χ2n) is 10.5. The maximum atomic E-state index is 13.4. The minimum absolute atomic E-state index is 0.0883. The molecule has 0 bridgehead atoms. The van der Waals surface area contributed by atoms with E-state index in [9.17, 15) is 19.5 Å². The lowest BCUT2D eigenvalue weighted by Gasteiger charge is -2.31. The van der Waals surface area contributed by atoms with Crippen molar-refractivity contribution in [3.8, 4) is 0 Å². The molecule has 5 rings (SSSR count). The summed E-state index contributed by atoms with van der Waals surface area (Å²) < 4.78 is 19.4. The number of carbonyl (C=O) groups is 3. The number of fused-ring (bicyclic) bond motifs is 1. The number of carbonyl (C=O) groups excluding carboxylic acids is 3. The molecule has 3 atom stereocenters. The van der Waals surface area contributed by atoms with Crippen LogP contribution in [0, 0.1) is 0 Å². The molecule has 0 spiro atoms. The molecular weight excluding hydrogens is 548 g/mol. The highest BCUT2D eigenvalue weighted by atomic mass is 16.8. The first kappa shape index (κ1) is 29.9. The molecule has 2 N–H and O–H groups in total. The molecule has 43 heavy (non-hydrogen) atoms. The Morgan fingerprint density at radius 1 is 0.953 bits per heavy atom. The van der Waals surface area contributed by atoms with Gasteiger partial charge >= 0.3 is 5.97 Å². The van der Waals surface area contributed by atoms with E-state index in [2.05, 4.69) is 5.32 Å². The van der Waals surface area contributed by atoms with E-state index >= 15 is 0 Å². The number of esters is 1. The molecule has 2 amide bonds. The Balaban J connectivity index is 1.43. The number of hydrogen-bond donors (Lipinski definition) is 2. The molecule has 1 saturated heterocycles. The minimum Gasteiger partial charge on any atom is -0.456 e.